The third kappa shape index (κ3) is 5.44. The van der Waals surface area contributed by atoms with Crippen LogP contribution in [-0.4, -0.2) is 62.4 Å². The molecule has 1 aliphatic rings. The van der Waals surface area contributed by atoms with Gasteiger partial charge in [0.15, 0.2) is 11.5 Å². The minimum atomic E-state index is -0.481. The van der Waals surface area contributed by atoms with Crippen LogP contribution in [0.15, 0.2) is 54.6 Å². The summed E-state index contributed by atoms with van der Waals surface area (Å²) < 4.78 is 10.7. The van der Waals surface area contributed by atoms with Crippen LogP contribution in [0.2, 0.25) is 0 Å². The lowest BCUT2D eigenvalue weighted by molar-refractivity contribution is -0.126. The molecule has 0 bridgehead atoms. The molecule has 0 fully saturated rings. The molecule has 186 valence electrons. The van der Waals surface area contributed by atoms with E-state index in [1.54, 1.807) is 18.1 Å². The van der Waals surface area contributed by atoms with Gasteiger partial charge < -0.3 is 14.4 Å². The van der Waals surface area contributed by atoms with E-state index in [4.69, 9.17) is 9.47 Å². The van der Waals surface area contributed by atoms with Gasteiger partial charge in [-0.15, -0.1) is 12.4 Å². The predicted octanol–water partition coefficient (Wildman–Crippen LogP) is 4.93. The van der Waals surface area contributed by atoms with Gasteiger partial charge in [-0.25, -0.2) is 0 Å². The summed E-state index contributed by atoms with van der Waals surface area (Å²) in [6.07, 6.45) is 1.39. The van der Waals surface area contributed by atoms with Crippen LogP contribution in [0.3, 0.4) is 0 Å². The Morgan fingerprint density at radius 3 is 2.43 bits per heavy atom. The highest BCUT2D eigenvalue weighted by Gasteiger charge is 2.30. The second kappa shape index (κ2) is 11.6. The van der Waals surface area contributed by atoms with Crippen molar-refractivity contribution in [2.75, 3.05) is 40.9 Å². The maximum Gasteiger partial charge on any atom is 0.294 e. The highest BCUT2D eigenvalue weighted by atomic mass is 35.5. The first kappa shape index (κ1) is 26.5. The first-order valence-corrected chi connectivity index (χ1v) is 11.7. The number of carbonyl (C=O) groups excluding carboxylic acids is 2. The van der Waals surface area contributed by atoms with Crippen LogP contribution in [0.1, 0.15) is 40.9 Å². The molecule has 7 heteroatoms. The number of fused-ring (bicyclic) bond motifs is 2. The van der Waals surface area contributed by atoms with Crippen molar-refractivity contribution in [2.24, 2.45) is 0 Å². The van der Waals surface area contributed by atoms with Crippen molar-refractivity contribution >= 4 is 34.9 Å². The first-order valence-electron chi connectivity index (χ1n) is 11.7. The zero-order valence-electron chi connectivity index (χ0n) is 20.7. The van der Waals surface area contributed by atoms with Crippen molar-refractivity contribution in [2.45, 2.75) is 25.8 Å². The average molecular weight is 497 g/mol. The third-order valence-electron chi connectivity index (χ3n) is 6.86. The van der Waals surface area contributed by atoms with Crippen molar-refractivity contribution < 1.29 is 19.1 Å². The summed E-state index contributed by atoms with van der Waals surface area (Å²) in [6, 6.07) is 18.5. The smallest absolute Gasteiger partial charge is 0.294 e. The highest BCUT2D eigenvalue weighted by Crippen LogP contribution is 2.32. The number of hydrogen-bond acceptors (Lipinski definition) is 5. The number of Topliss-reactive ketones (excluding diaryl/α,β-unsaturated/α-hetero) is 1. The molecule has 6 nitrogen and oxygen atoms in total. The van der Waals surface area contributed by atoms with Gasteiger partial charge >= 0.3 is 0 Å². The van der Waals surface area contributed by atoms with E-state index in [1.165, 1.54) is 23.4 Å². The summed E-state index contributed by atoms with van der Waals surface area (Å²) in [5, 5.41) is 2.50. The zero-order chi connectivity index (χ0) is 24.2. The molecule has 35 heavy (non-hydrogen) atoms. The van der Waals surface area contributed by atoms with Crippen LogP contribution in [0.25, 0.3) is 10.8 Å². The van der Waals surface area contributed by atoms with Gasteiger partial charge in [0.05, 0.1) is 14.2 Å². The number of hydrogen-bond donors (Lipinski definition) is 0. The standard InChI is InChI=1S/C28H32N2O4.ClH/c1-19(22-12-7-10-20-9-5-6-11-23(20)22)29(2)14-8-15-30-16-13-21-17-25(33-3)26(34-4)18-24(21)27(31)28(30)32;/h5-7,9-12,17-19H,8,13-16H2,1-4H3;1H. The Balaban J connectivity index is 0.00000342. The molecule has 0 N–H and O–H groups in total. The number of amides is 1. The van der Waals surface area contributed by atoms with Crippen molar-refractivity contribution in [1.29, 1.82) is 0 Å². The molecule has 1 amide bonds. The van der Waals surface area contributed by atoms with Crippen molar-refractivity contribution in [3.63, 3.8) is 0 Å². The van der Waals surface area contributed by atoms with E-state index in [2.05, 4.69) is 61.3 Å². The Morgan fingerprint density at radius 1 is 1.00 bits per heavy atom. The van der Waals surface area contributed by atoms with E-state index in [0.29, 0.717) is 36.6 Å². The van der Waals surface area contributed by atoms with Gasteiger partial charge in [-0.2, -0.15) is 0 Å². The third-order valence-corrected chi connectivity index (χ3v) is 6.86. The van der Waals surface area contributed by atoms with E-state index in [1.807, 2.05) is 6.07 Å². The molecule has 1 aliphatic heterocycles. The second-order valence-electron chi connectivity index (χ2n) is 8.81. The number of carbonyl (C=O) groups is 2. The first-order chi connectivity index (χ1) is 16.4. The Morgan fingerprint density at radius 2 is 1.69 bits per heavy atom. The fourth-order valence-corrected chi connectivity index (χ4v) is 4.73. The summed E-state index contributed by atoms with van der Waals surface area (Å²) >= 11 is 0. The average Bonchev–Trinajstić information content (AvgIpc) is 2.98. The maximum absolute atomic E-state index is 12.9. The van der Waals surface area contributed by atoms with Gasteiger partial charge in [0.2, 0.25) is 0 Å². The molecule has 1 unspecified atom stereocenters. The number of methoxy groups -OCH3 is 2. The number of halogens is 1. The van der Waals surface area contributed by atoms with Crippen LogP contribution >= 0.6 is 12.4 Å². The largest absolute Gasteiger partial charge is 0.493 e. The monoisotopic (exact) mass is 496 g/mol. The molecule has 0 spiro atoms. The van der Waals surface area contributed by atoms with E-state index in [-0.39, 0.29) is 18.4 Å². The Labute approximate surface area is 213 Å². The van der Waals surface area contributed by atoms with Gasteiger partial charge in [-0.3, -0.25) is 14.5 Å². The fraction of sp³-hybridized carbons (Fsp3) is 0.357. The quantitative estimate of drug-likeness (QED) is 0.414. The van der Waals surface area contributed by atoms with E-state index >= 15 is 0 Å². The molecular formula is C28H33ClN2O4. The summed E-state index contributed by atoms with van der Waals surface area (Å²) in [5.74, 6) is 0.0977. The molecular weight excluding hydrogens is 464 g/mol. The minimum Gasteiger partial charge on any atom is -0.493 e. The highest BCUT2D eigenvalue weighted by molar-refractivity contribution is 6.43. The Bertz CT molecular complexity index is 1210. The Hall–Kier alpha value is -3.09. The summed E-state index contributed by atoms with van der Waals surface area (Å²) in [6.45, 7) is 4.08. The molecule has 0 radical (unpaired) electrons. The van der Waals surface area contributed by atoms with Gasteiger partial charge in [0.1, 0.15) is 0 Å². The number of benzene rings is 3. The SMILES string of the molecule is COc1cc2c(cc1OC)C(=O)C(=O)N(CCCN(C)C(C)c1cccc3ccccc13)CC2.Cl. The fourth-order valence-electron chi connectivity index (χ4n) is 4.73. The topological polar surface area (TPSA) is 59.1 Å². The molecule has 0 saturated heterocycles. The van der Waals surface area contributed by atoms with Crippen LogP contribution in [0, 0.1) is 0 Å². The summed E-state index contributed by atoms with van der Waals surface area (Å²) in [4.78, 5) is 29.8. The number of nitrogens with zero attached hydrogens (tertiary/aromatic N) is 2. The van der Waals surface area contributed by atoms with Gasteiger partial charge in [0, 0.05) is 31.2 Å². The van der Waals surface area contributed by atoms with Gasteiger partial charge in [0.25, 0.3) is 11.7 Å². The van der Waals surface area contributed by atoms with Crippen molar-refractivity contribution in [3.8, 4) is 11.5 Å². The van der Waals surface area contributed by atoms with Crippen LogP contribution in [0.5, 0.6) is 11.5 Å². The van der Waals surface area contributed by atoms with Gasteiger partial charge in [-0.05, 0) is 60.8 Å². The van der Waals surface area contributed by atoms with Crippen molar-refractivity contribution in [1.82, 2.24) is 9.80 Å². The molecule has 0 aromatic heterocycles. The lowest BCUT2D eigenvalue weighted by Gasteiger charge is -2.27. The number of ether oxygens (including phenoxy) is 2. The molecule has 1 heterocycles. The van der Waals surface area contributed by atoms with Gasteiger partial charge in [-0.1, -0.05) is 42.5 Å². The van der Waals surface area contributed by atoms with Crippen LogP contribution in [-0.2, 0) is 11.2 Å². The molecule has 4 rings (SSSR count). The molecule has 1 atom stereocenters. The number of rotatable bonds is 8. The van der Waals surface area contributed by atoms with E-state index < -0.39 is 11.7 Å². The molecule has 3 aromatic carbocycles. The predicted molar refractivity (Wildman–Crippen MR) is 141 cm³/mol. The number of ketones is 1. The van der Waals surface area contributed by atoms with E-state index in [0.717, 1.165) is 18.5 Å². The van der Waals surface area contributed by atoms with Crippen LogP contribution < -0.4 is 9.47 Å². The minimum absolute atomic E-state index is 0. The van der Waals surface area contributed by atoms with Crippen molar-refractivity contribution in [3.05, 3.63) is 71.3 Å². The van der Waals surface area contributed by atoms with Crippen LogP contribution in [0.4, 0.5) is 0 Å². The lowest BCUT2D eigenvalue weighted by atomic mass is 9.99. The van der Waals surface area contributed by atoms with E-state index in [9.17, 15) is 9.59 Å². The Kier molecular flexibility index (Phi) is 8.76. The summed E-state index contributed by atoms with van der Waals surface area (Å²) in [5.41, 5.74) is 2.52. The normalized spacial score (nSPS) is 14.4. The molecule has 3 aromatic rings. The summed E-state index contributed by atoms with van der Waals surface area (Å²) in [7, 11) is 5.20. The molecule has 0 aliphatic carbocycles. The zero-order valence-corrected chi connectivity index (χ0v) is 21.6. The maximum atomic E-state index is 12.9. The second-order valence-corrected chi connectivity index (χ2v) is 8.81. The lowest BCUT2D eigenvalue weighted by Crippen LogP contribution is -2.38. The molecule has 0 saturated carbocycles.